The second kappa shape index (κ2) is 12.5. The van der Waals surface area contributed by atoms with Crippen LogP contribution in [-0.2, 0) is 0 Å². The lowest BCUT2D eigenvalue weighted by Crippen LogP contribution is -2.34. The highest BCUT2D eigenvalue weighted by atomic mass is 16.3. The van der Waals surface area contributed by atoms with Crippen molar-refractivity contribution in [2.24, 2.45) is 0 Å². The van der Waals surface area contributed by atoms with E-state index in [0.717, 1.165) is 25.6 Å². The van der Waals surface area contributed by atoms with Crippen LogP contribution in [0, 0.1) is 0 Å². The normalized spacial score (nSPS) is 19.7. The number of aliphatic hydroxyl groups excluding tert-OH is 1. The number of nitrogens with zero attached hydrogens (tertiary/aromatic N) is 1. The molecule has 0 amide bonds. The number of unbranched alkanes of at least 4 members (excludes halogenated alkanes) is 8. The Labute approximate surface area is 133 Å². The molecule has 1 aliphatic heterocycles. The van der Waals surface area contributed by atoms with Crippen LogP contribution in [0.4, 0.5) is 0 Å². The second-order valence-corrected chi connectivity index (χ2v) is 7.00. The molecule has 1 saturated heterocycles. The quantitative estimate of drug-likeness (QED) is 0.476. The molecule has 2 nitrogen and oxygen atoms in total. The minimum Gasteiger partial charge on any atom is -0.392 e. The molecule has 1 aliphatic rings. The Morgan fingerprint density at radius 1 is 0.857 bits per heavy atom. The van der Waals surface area contributed by atoms with Crippen molar-refractivity contribution in [3.05, 3.63) is 0 Å². The van der Waals surface area contributed by atoms with Crippen molar-refractivity contribution in [2.45, 2.75) is 109 Å². The van der Waals surface area contributed by atoms with Gasteiger partial charge in [-0.2, -0.15) is 0 Å². The average molecular weight is 298 g/mol. The van der Waals surface area contributed by atoms with E-state index in [1.165, 1.54) is 77.0 Å². The summed E-state index contributed by atoms with van der Waals surface area (Å²) >= 11 is 0. The Balaban J connectivity index is 2.21. The fraction of sp³-hybridized carbons (Fsp3) is 1.00. The first-order valence-electron chi connectivity index (χ1n) is 9.70. The van der Waals surface area contributed by atoms with Gasteiger partial charge < -0.3 is 5.11 Å². The summed E-state index contributed by atoms with van der Waals surface area (Å²) in [4.78, 5) is 2.57. The van der Waals surface area contributed by atoms with E-state index in [1.807, 2.05) is 0 Å². The summed E-state index contributed by atoms with van der Waals surface area (Å²) in [6, 6.07) is 0.741. The van der Waals surface area contributed by atoms with Crippen LogP contribution in [0.1, 0.15) is 97.3 Å². The molecule has 1 atom stereocenters. The number of hydrogen-bond donors (Lipinski definition) is 1. The first-order chi connectivity index (χ1) is 10.3. The van der Waals surface area contributed by atoms with Crippen LogP contribution < -0.4 is 0 Å². The molecule has 0 aliphatic carbocycles. The molecule has 0 aromatic carbocycles. The molecule has 0 radical (unpaired) electrons. The zero-order chi connectivity index (χ0) is 15.3. The summed E-state index contributed by atoms with van der Waals surface area (Å²) in [6.45, 7) is 6.61. The minimum absolute atomic E-state index is 0.0623. The molecular weight excluding hydrogens is 258 g/mol. The van der Waals surface area contributed by atoms with E-state index in [9.17, 15) is 5.11 Å². The number of aliphatic hydroxyl groups is 1. The molecule has 2 heteroatoms. The zero-order valence-corrected chi connectivity index (χ0v) is 14.7. The molecule has 0 aromatic heterocycles. The predicted octanol–water partition coefficient (Wildman–Crippen LogP) is 5.14. The summed E-state index contributed by atoms with van der Waals surface area (Å²) in [7, 11) is 0. The molecule has 1 N–H and O–H groups in total. The summed E-state index contributed by atoms with van der Waals surface area (Å²) in [5.74, 6) is 0. The monoisotopic (exact) mass is 297 g/mol. The smallest absolute Gasteiger partial charge is 0.0679 e. The van der Waals surface area contributed by atoms with Crippen LogP contribution in [0.5, 0.6) is 0 Å². The van der Waals surface area contributed by atoms with Crippen LogP contribution >= 0.6 is 0 Å². The topological polar surface area (TPSA) is 23.5 Å². The Morgan fingerprint density at radius 2 is 1.38 bits per heavy atom. The molecule has 0 saturated carbocycles. The van der Waals surface area contributed by atoms with Gasteiger partial charge in [-0.25, -0.2) is 0 Å². The van der Waals surface area contributed by atoms with Crippen molar-refractivity contribution in [1.82, 2.24) is 4.90 Å². The molecule has 21 heavy (non-hydrogen) atoms. The minimum atomic E-state index is -0.0623. The number of hydrogen-bond acceptors (Lipinski definition) is 2. The standard InChI is InChI=1S/C19H39NO/c1-3-5-7-9-11-13-18(14-12-10-8-6-4-2)20-16-15-19(21)17-20/h18-19,21H,3-17H2,1-2H3/t19-/m1/s1. The number of β-amino-alcohol motifs (C(OH)–C–C–N with tert-alkyl or cyclic N) is 1. The molecule has 126 valence electrons. The van der Waals surface area contributed by atoms with Crippen LogP contribution in [0.15, 0.2) is 0 Å². The van der Waals surface area contributed by atoms with Gasteiger partial charge in [0.2, 0.25) is 0 Å². The molecule has 0 aromatic rings. The number of likely N-dealkylation sites (tertiary alicyclic amines) is 1. The molecular formula is C19H39NO. The van der Waals surface area contributed by atoms with Crippen LogP contribution in [-0.4, -0.2) is 35.2 Å². The Kier molecular flexibility index (Phi) is 11.3. The van der Waals surface area contributed by atoms with E-state index in [4.69, 9.17) is 0 Å². The lowest BCUT2D eigenvalue weighted by Gasteiger charge is -2.28. The molecule has 0 bridgehead atoms. The van der Waals surface area contributed by atoms with Crippen molar-refractivity contribution in [3.63, 3.8) is 0 Å². The first kappa shape index (κ1) is 19.0. The first-order valence-corrected chi connectivity index (χ1v) is 9.70. The van der Waals surface area contributed by atoms with Gasteiger partial charge in [-0.15, -0.1) is 0 Å². The highest BCUT2D eigenvalue weighted by Crippen LogP contribution is 2.22. The van der Waals surface area contributed by atoms with Gasteiger partial charge >= 0.3 is 0 Å². The van der Waals surface area contributed by atoms with Gasteiger partial charge in [0, 0.05) is 19.1 Å². The van der Waals surface area contributed by atoms with E-state index in [0.29, 0.717) is 0 Å². The van der Waals surface area contributed by atoms with Gasteiger partial charge in [0.15, 0.2) is 0 Å². The third-order valence-electron chi connectivity index (χ3n) is 4.99. The van der Waals surface area contributed by atoms with Crippen LogP contribution in [0.2, 0.25) is 0 Å². The van der Waals surface area contributed by atoms with E-state index >= 15 is 0 Å². The van der Waals surface area contributed by atoms with Crippen LogP contribution in [0.3, 0.4) is 0 Å². The lowest BCUT2D eigenvalue weighted by atomic mass is 9.99. The zero-order valence-electron chi connectivity index (χ0n) is 14.7. The fourth-order valence-corrected chi connectivity index (χ4v) is 3.58. The van der Waals surface area contributed by atoms with E-state index in [1.54, 1.807) is 0 Å². The lowest BCUT2D eigenvalue weighted by molar-refractivity contribution is 0.149. The van der Waals surface area contributed by atoms with Crippen molar-refractivity contribution in [2.75, 3.05) is 13.1 Å². The summed E-state index contributed by atoms with van der Waals surface area (Å²) < 4.78 is 0. The van der Waals surface area contributed by atoms with Gasteiger partial charge in [0.1, 0.15) is 0 Å². The maximum atomic E-state index is 9.79. The van der Waals surface area contributed by atoms with Gasteiger partial charge in [-0.05, 0) is 19.3 Å². The Bertz CT molecular complexity index is 218. The van der Waals surface area contributed by atoms with Gasteiger partial charge in [0.25, 0.3) is 0 Å². The maximum Gasteiger partial charge on any atom is 0.0679 e. The Morgan fingerprint density at radius 3 is 1.81 bits per heavy atom. The van der Waals surface area contributed by atoms with Crippen molar-refractivity contribution < 1.29 is 5.11 Å². The molecule has 1 fully saturated rings. The number of rotatable bonds is 13. The predicted molar refractivity (Wildman–Crippen MR) is 92.7 cm³/mol. The SMILES string of the molecule is CCCCCCCC(CCCCCCC)N1CC[C@@H](O)C1. The summed E-state index contributed by atoms with van der Waals surface area (Å²) in [5, 5.41) is 9.79. The molecule has 0 spiro atoms. The van der Waals surface area contributed by atoms with E-state index in [-0.39, 0.29) is 6.10 Å². The molecule has 0 unspecified atom stereocenters. The second-order valence-electron chi connectivity index (χ2n) is 7.00. The molecule has 1 heterocycles. The van der Waals surface area contributed by atoms with Gasteiger partial charge in [-0.3, -0.25) is 4.90 Å². The highest BCUT2D eigenvalue weighted by Gasteiger charge is 2.26. The summed E-state index contributed by atoms with van der Waals surface area (Å²) in [5.41, 5.74) is 0. The van der Waals surface area contributed by atoms with E-state index < -0.39 is 0 Å². The van der Waals surface area contributed by atoms with Crippen molar-refractivity contribution in [1.29, 1.82) is 0 Å². The fourth-order valence-electron chi connectivity index (χ4n) is 3.58. The van der Waals surface area contributed by atoms with Crippen molar-refractivity contribution in [3.8, 4) is 0 Å². The third-order valence-corrected chi connectivity index (χ3v) is 4.99. The maximum absolute atomic E-state index is 9.79. The van der Waals surface area contributed by atoms with Crippen LogP contribution in [0.25, 0.3) is 0 Å². The van der Waals surface area contributed by atoms with Crippen molar-refractivity contribution >= 4 is 0 Å². The summed E-state index contributed by atoms with van der Waals surface area (Å²) in [6.07, 6.45) is 17.5. The Hall–Kier alpha value is -0.0800. The van der Waals surface area contributed by atoms with Gasteiger partial charge in [-0.1, -0.05) is 78.1 Å². The average Bonchev–Trinajstić information content (AvgIpc) is 2.91. The van der Waals surface area contributed by atoms with E-state index in [2.05, 4.69) is 18.7 Å². The molecule has 1 rings (SSSR count). The highest BCUT2D eigenvalue weighted by molar-refractivity contribution is 4.81. The third kappa shape index (κ3) is 8.83. The van der Waals surface area contributed by atoms with Gasteiger partial charge in [0.05, 0.1) is 6.10 Å². The largest absolute Gasteiger partial charge is 0.392 e.